The highest BCUT2D eigenvalue weighted by atomic mass is 32.1. The van der Waals surface area contributed by atoms with Gasteiger partial charge < -0.3 is 10.5 Å². The summed E-state index contributed by atoms with van der Waals surface area (Å²) in [5, 5.41) is 0. The summed E-state index contributed by atoms with van der Waals surface area (Å²) in [6, 6.07) is -0.0195. The van der Waals surface area contributed by atoms with E-state index in [0.29, 0.717) is 5.92 Å². The molecular weight excluding hydrogens is 186 g/mol. The lowest BCUT2D eigenvalue weighted by Gasteiger charge is -2.16. The molecule has 0 aliphatic rings. The van der Waals surface area contributed by atoms with Crippen LogP contribution < -0.4 is 5.73 Å². The maximum absolute atomic E-state index is 5.97. The third-order valence-corrected chi connectivity index (χ3v) is 2.60. The summed E-state index contributed by atoms with van der Waals surface area (Å²) >= 11 is 1.20. The van der Waals surface area contributed by atoms with Crippen molar-refractivity contribution < 1.29 is 4.74 Å². The molecule has 2 N–H and O–H groups in total. The molecule has 0 saturated heterocycles. The first kappa shape index (κ1) is 10.6. The average Bonchev–Trinajstić information content (AvgIpc) is 2.65. The minimum Gasteiger partial charge on any atom is -0.385 e. The van der Waals surface area contributed by atoms with Gasteiger partial charge in [-0.2, -0.15) is 8.75 Å². The monoisotopic (exact) mass is 201 g/mol. The molecule has 0 saturated carbocycles. The van der Waals surface area contributed by atoms with Crippen molar-refractivity contribution in [3.8, 4) is 0 Å². The van der Waals surface area contributed by atoms with Gasteiger partial charge in [-0.3, -0.25) is 0 Å². The van der Waals surface area contributed by atoms with Crippen molar-refractivity contribution in [2.24, 2.45) is 11.7 Å². The van der Waals surface area contributed by atoms with E-state index in [4.69, 9.17) is 10.5 Å². The van der Waals surface area contributed by atoms with Crippen LogP contribution in [0.4, 0.5) is 0 Å². The van der Waals surface area contributed by atoms with Crippen molar-refractivity contribution in [1.82, 2.24) is 8.75 Å². The van der Waals surface area contributed by atoms with Crippen molar-refractivity contribution >= 4 is 11.7 Å². The SMILES string of the molecule is COCCC(C)C(N)c1cnsn1. The molecule has 2 unspecified atom stereocenters. The zero-order chi connectivity index (χ0) is 9.68. The van der Waals surface area contributed by atoms with E-state index in [-0.39, 0.29) is 6.04 Å². The van der Waals surface area contributed by atoms with E-state index < -0.39 is 0 Å². The van der Waals surface area contributed by atoms with Crippen LogP contribution in [0.3, 0.4) is 0 Å². The van der Waals surface area contributed by atoms with Crippen molar-refractivity contribution in [2.75, 3.05) is 13.7 Å². The van der Waals surface area contributed by atoms with Gasteiger partial charge in [0, 0.05) is 13.7 Å². The molecule has 2 atom stereocenters. The number of hydrogen-bond donors (Lipinski definition) is 1. The molecule has 0 fully saturated rings. The second kappa shape index (κ2) is 5.26. The average molecular weight is 201 g/mol. The van der Waals surface area contributed by atoms with Crippen LogP contribution in [-0.4, -0.2) is 22.5 Å². The second-order valence-electron chi connectivity index (χ2n) is 3.12. The molecule has 1 heterocycles. The summed E-state index contributed by atoms with van der Waals surface area (Å²) in [5.41, 5.74) is 6.86. The number of hydrogen-bond acceptors (Lipinski definition) is 5. The van der Waals surface area contributed by atoms with E-state index in [9.17, 15) is 0 Å². The summed E-state index contributed by atoms with van der Waals surface area (Å²) in [7, 11) is 1.70. The van der Waals surface area contributed by atoms with E-state index in [1.807, 2.05) is 0 Å². The summed E-state index contributed by atoms with van der Waals surface area (Å²) in [5.74, 6) is 0.379. The van der Waals surface area contributed by atoms with Gasteiger partial charge in [0.2, 0.25) is 0 Å². The molecule has 74 valence electrons. The Morgan fingerprint density at radius 3 is 3.00 bits per heavy atom. The largest absolute Gasteiger partial charge is 0.385 e. The Bertz CT molecular complexity index is 227. The first-order valence-electron chi connectivity index (χ1n) is 4.27. The van der Waals surface area contributed by atoms with E-state index in [2.05, 4.69) is 15.7 Å². The van der Waals surface area contributed by atoms with Crippen LogP contribution in [0.2, 0.25) is 0 Å². The third kappa shape index (κ3) is 3.02. The van der Waals surface area contributed by atoms with Gasteiger partial charge in [-0.15, -0.1) is 0 Å². The van der Waals surface area contributed by atoms with Crippen LogP contribution in [0.25, 0.3) is 0 Å². The van der Waals surface area contributed by atoms with E-state index in [1.165, 1.54) is 11.7 Å². The van der Waals surface area contributed by atoms with E-state index >= 15 is 0 Å². The first-order valence-corrected chi connectivity index (χ1v) is 5.00. The van der Waals surface area contributed by atoms with Crippen molar-refractivity contribution in [1.29, 1.82) is 0 Å². The number of nitrogens with two attached hydrogens (primary N) is 1. The number of nitrogens with zero attached hydrogens (tertiary/aromatic N) is 2. The highest BCUT2D eigenvalue weighted by molar-refractivity contribution is 6.99. The van der Waals surface area contributed by atoms with Gasteiger partial charge in [-0.25, -0.2) is 0 Å². The maximum atomic E-state index is 5.97. The molecule has 0 aromatic carbocycles. The summed E-state index contributed by atoms with van der Waals surface area (Å²) in [6.45, 7) is 2.84. The smallest absolute Gasteiger partial charge is 0.0912 e. The molecule has 1 aromatic heterocycles. The molecule has 13 heavy (non-hydrogen) atoms. The Hall–Kier alpha value is -0.520. The summed E-state index contributed by atoms with van der Waals surface area (Å²) in [6.07, 6.45) is 2.69. The molecule has 0 radical (unpaired) electrons. The van der Waals surface area contributed by atoms with E-state index in [1.54, 1.807) is 13.3 Å². The van der Waals surface area contributed by atoms with Crippen LogP contribution >= 0.6 is 11.7 Å². The second-order valence-corrected chi connectivity index (χ2v) is 3.67. The molecule has 0 aliphatic heterocycles. The fourth-order valence-electron chi connectivity index (χ4n) is 1.09. The molecule has 0 bridgehead atoms. The fourth-order valence-corrected chi connectivity index (χ4v) is 1.56. The minimum atomic E-state index is -0.0195. The highest BCUT2D eigenvalue weighted by Crippen LogP contribution is 2.20. The lowest BCUT2D eigenvalue weighted by molar-refractivity contribution is 0.174. The zero-order valence-electron chi connectivity index (χ0n) is 7.93. The number of rotatable bonds is 5. The molecule has 0 spiro atoms. The molecule has 0 amide bonds. The number of ether oxygens (including phenoxy) is 1. The Labute approximate surface area is 82.4 Å². The van der Waals surface area contributed by atoms with Gasteiger partial charge in [0.1, 0.15) is 0 Å². The van der Waals surface area contributed by atoms with Gasteiger partial charge in [-0.05, 0) is 12.3 Å². The Morgan fingerprint density at radius 1 is 1.69 bits per heavy atom. The Kier molecular flexibility index (Phi) is 4.27. The molecule has 1 rings (SSSR count). The van der Waals surface area contributed by atoms with Gasteiger partial charge in [0.25, 0.3) is 0 Å². The van der Waals surface area contributed by atoms with E-state index in [0.717, 1.165) is 18.7 Å². The Balaban J connectivity index is 2.43. The first-order chi connectivity index (χ1) is 6.25. The van der Waals surface area contributed by atoms with Crippen LogP contribution in [0.15, 0.2) is 6.20 Å². The lowest BCUT2D eigenvalue weighted by Crippen LogP contribution is -2.20. The molecule has 1 aromatic rings. The fraction of sp³-hybridized carbons (Fsp3) is 0.750. The number of methoxy groups -OCH3 is 1. The summed E-state index contributed by atoms with van der Waals surface area (Å²) < 4.78 is 13.0. The lowest BCUT2D eigenvalue weighted by atomic mass is 9.97. The minimum absolute atomic E-state index is 0.0195. The van der Waals surface area contributed by atoms with Crippen molar-refractivity contribution in [3.63, 3.8) is 0 Å². The maximum Gasteiger partial charge on any atom is 0.0912 e. The normalized spacial score (nSPS) is 15.6. The highest BCUT2D eigenvalue weighted by Gasteiger charge is 2.16. The van der Waals surface area contributed by atoms with Crippen molar-refractivity contribution in [3.05, 3.63) is 11.9 Å². The standard InChI is InChI=1S/C8H15N3OS/c1-6(3-4-12-2)8(9)7-5-10-13-11-7/h5-6,8H,3-4,9H2,1-2H3. The van der Waals surface area contributed by atoms with Crippen LogP contribution in [0, 0.1) is 5.92 Å². The molecule has 5 heteroatoms. The van der Waals surface area contributed by atoms with Crippen molar-refractivity contribution in [2.45, 2.75) is 19.4 Å². The molecule has 4 nitrogen and oxygen atoms in total. The predicted octanol–water partition coefficient (Wildman–Crippen LogP) is 1.21. The quantitative estimate of drug-likeness (QED) is 0.778. The third-order valence-electron chi connectivity index (χ3n) is 2.11. The van der Waals surface area contributed by atoms with Gasteiger partial charge in [0.15, 0.2) is 0 Å². The van der Waals surface area contributed by atoms with Gasteiger partial charge >= 0.3 is 0 Å². The number of aromatic nitrogens is 2. The van der Waals surface area contributed by atoms with Gasteiger partial charge in [0.05, 0.1) is 29.7 Å². The summed E-state index contributed by atoms with van der Waals surface area (Å²) in [4.78, 5) is 0. The van der Waals surface area contributed by atoms with Crippen LogP contribution in [-0.2, 0) is 4.74 Å². The molecule has 0 aliphatic carbocycles. The van der Waals surface area contributed by atoms with Crippen LogP contribution in [0.5, 0.6) is 0 Å². The predicted molar refractivity (Wildman–Crippen MR) is 52.5 cm³/mol. The zero-order valence-corrected chi connectivity index (χ0v) is 8.75. The topological polar surface area (TPSA) is 61.0 Å². The molecular formula is C8H15N3OS. The Morgan fingerprint density at radius 2 is 2.46 bits per heavy atom. The van der Waals surface area contributed by atoms with Crippen LogP contribution in [0.1, 0.15) is 25.1 Å². The van der Waals surface area contributed by atoms with Gasteiger partial charge in [-0.1, -0.05) is 6.92 Å².